The van der Waals surface area contributed by atoms with Gasteiger partial charge in [0.2, 0.25) is 11.1 Å². The maximum atomic E-state index is 12.2. The number of anilines is 1. The Kier molecular flexibility index (Phi) is 6.15. The van der Waals surface area contributed by atoms with E-state index in [1.54, 1.807) is 56.7 Å². The largest absolute Gasteiger partial charge is 0.497 e. The molecule has 3 rings (SSSR count). The molecule has 1 N–H and O–H groups in total. The first kappa shape index (κ1) is 19.0. The van der Waals surface area contributed by atoms with Gasteiger partial charge >= 0.3 is 0 Å². The van der Waals surface area contributed by atoms with E-state index in [-0.39, 0.29) is 11.7 Å². The second-order valence-electron chi connectivity index (χ2n) is 5.23. The Labute approximate surface area is 164 Å². The molecule has 27 heavy (non-hydrogen) atoms. The van der Waals surface area contributed by atoms with Crippen molar-refractivity contribution in [1.82, 2.24) is 20.2 Å². The van der Waals surface area contributed by atoms with Crippen LogP contribution in [-0.2, 0) is 4.79 Å². The Morgan fingerprint density at radius 3 is 2.78 bits per heavy atom. The summed E-state index contributed by atoms with van der Waals surface area (Å²) in [6, 6.07) is 12.3. The lowest BCUT2D eigenvalue weighted by Gasteiger charge is -2.11. The number of methoxy groups -OCH3 is 2. The highest BCUT2D eigenvalue weighted by molar-refractivity contribution is 7.99. The maximum Gasteiger partial charge on any atom is 0.234 e. The number of aromatic nitrogens is 4. The Bertz CT molecular complexity index is 950. The first-order valence-electron chi connectivity index (χ1n) is 7.80. The molecule has 0 bridgehead atoms. The Morgan fingerprint density at radius 2 is 2.04 bits per heavy atom. The molecule has 0 aliphatic heterocycles. The van der Waals surface area contributed by atoms with Crippen LogP contribution >= 0.6 is 23.4 Å². The summed E-state index contributed by atoms with van der Waals surface area (Å²) >= 11 is 7.24. The van der Waals surface area contributed by atoms with Crippen molar-refractivity contribution in [2.45, 2.75) is 5.16 Å². The van der Waals surface area contributed by atoms with Gasteiger partial charge in [0.25, 0.3) is 0 Å². The van der Waals surface area contributed by atoms with Crippen molar-refractivity contribution in [3.05, 3.63) is 47.5 Å². The quantitative estimate of drug-likeness (QED) is 0.604. The van der Waals surface area contributed by atoms with Crippen molar-refractivity contribution in [2.24, 2.45) is 0 Å². The number of rotatable bonds is 7. The van der Waals surface area contributed by atoms with Crippen molar-refractivity contribution in [2.75, 3.05) is 25.3 Å². The van der Waals surface area contributed by atoms with Crippen molar-refractivity contribution in [3.8, 4) is 17.2 Å². The van der Waals surface area contributed by atoms with E-state index >= 15 is 0 Å². The fourth-order valence-electron chi connectivity index (χ4n) is 2.26. The maximum absolute atomic E-state index is 12.2. The third-order valence-electron chi connectivity index (χ3n) is 3.54. The van der Waals surface area contributed by atoms with Gasteiger partial charge in [0, 0.05) is 6.07 Å². The molecule has 2 aromatic carbocycles. The molecule has 140 valence electrons. The molecule has 8 nitrogen and oxygen atoms in total. The number of amides is 1. The number of hydrogen-bond donors (Lipinski definition) is 1. The average molecular weight is 406 g/mol. The van der Waals surface area contributed by atoms with E-state index in [2.05, 4.69) is 20.8 Å². The molecule has 0 spiro atoms. The molecule has 1 aromatic heterocycles. The van der Waals surface area contributed by atoms with Crippen LogP contribution in [0, 0.1) is 0 Å². The lowest BCUT2D eigenvalue weighted by molar-refractivity contribution is -0.113. The number of carbonyl (C=O) groups is 1. The molecule has 10 heteroatoms. The zero-order valence-electron chi connectivity index (χ0n) is 14.5. The van der Waals surface area contributed by atoms with Gasteiger partial charge in [-0.15, -0.1) is 5.10 Å². The molecular weight excluding hydrogens is 390 g/mol. The molecule has 0 aliphatic rings. The van der Waals surface area contributed by atoms with E-state index in [0.717, 1.165) is 0 Å². The summed E-state index contributed by atoms with van der Waals surface area (Å²) in [5.74, 6) is 1.09. The molecule has 0 fully saturated rings. The lowest BCUT2D eigenvalue weighted by atomic mass is 10.3. The van der Waals surface area contributed by atoms with Crippen molar-refractivity contribution in [1.29, 1.82) is 0 Å². The predicted molar refractivity (Wildman–Crippen MR) is 103 cm³/mol. The first-order chi connectivity index (χ1) is 13.1. The van der Waals surface area contributed by atoms with E-state index in [1.807, 2.05) is 0 Å². The summed E-state index contributed by atoms with van der Waals surface area (Å²) in [6.07, 6.45) is 0. The second-order valence-corrected chi connectivity index (χ2v) is 6.58. The van der Waals surface area contributed by atoms with Gasteiger partial charge in [-0.3, -0.25) is 4.79 Å². The van der Waals surface area contributed by atoms with Crippen LogP contribution in [0.1, 0.15) is 0 Å². The van der Waals surface area contributed by atoms with E-state index in [0.29, 0.717) is 33.1 Å². The number of para-hydroxylation sites is 1. The van der Waals surface area contributed by atoms with Gasteiger partial charge in [0.1, 0.15) is 17.2 Å². The molecule has 3 aromatic rings. The minimum atomic E-state index is -0.222. The lowest BCUT2D eigenvalue weighted by Crippen LogP contribution is -2.15. The summed E-state index contributed by atoms with van der Waals surface area (Å²) in [5, 5.41) is 15.3. The number of nitrogens with one attached hydrogen (secondary N) is 1. The van der Waals surface area contributed by atoms with Gasteiger partial charge in [-0.25, -0.2) is 0 Å². The summed E-state index contributed by atoms with van der Waals surface area (Å²) < 4.78 is 12.1. The van der Waals surface area contributed by atoms with Gasteiger partial charge in [0.15, 0.2) is 0 Å². The van der Waals surface area contributed by atoms with Gasteiger partial charge in [-0.2, -0.15) is 4.68 Å². The summed E-state index contributed by atoms with van der Waals surface area (Å²) in [4.78, 5) is 12.2. The zero-order chi connectivity index (χ0) is 19.2. The number of hydrogen-bond acceptors (Lipinski definition) is 7. The second kappa shape index (κ2) is 8.74. The van der Waals surface area contributed by atoms with Crippen LogP contribution in [0.2, 0.25) is 5.02 Å². The highest BCUT2D eigenvalue weighted by atomic mass is 35.5. The van der Waals surface area contributed by atoms with E-state index < -0.39 is 0 Å². The monoisotopic (exact) mass is 405 g/mol. The van der Waals surface area contributed by atoms with Crippen LogP contribution in [0.4, 0.5) is 5.69 Å². The van der Waals surface area contributed by atoms with Crippen LogP contribution < -0.4 is 14.8 Å². The highest BCUT2D eigenvalue weighted by Crippen LogP contribution is 2.29. The Hall–Kier alpha value is -2.78. The normalized spacial score (nSPS) is 10.5. The third-order valence-corrected chi connectivity index (χ3v) is 4.78. The highest BCUT2D eigenvalue weighted by Gasteiger charge is 2.16. The van der Waals surface area contributed by atoms with Gasteiger partial charge < -0.3 is 14.8 Å². The first-order valence-corrected chi connectivity index (χ1v) is 9.16. The van der Waals surface area contributed by atoms with Crippen LogP contribution in [0.25, 0.3) is 5.69 Å². The molecule has 0 saturated carbocycles. The number of halogens is 1. The van der Waals surface area contributed by atoms with Crippen LogP contribution in [0.3, 0.4) is 0 Å². The van der Waals surface area contributed by atoms with Gasteiger partial charge in [-0.1, -0.05) is 35.5 Å². The van der Waals surface area contributed by atoms with Crippen LogP contribution in [0.15, 0.2) is 47.6 Å². The summed E-state index contributed by atoms with van der Waals surface area (Å²) in [7, 11) is 3.12. The smallest absolute Gasteiger partial charge is 0.234 e. The van der Waals surface area contributed by atoms with Crippen molar-refractivity contribution >= 4 is 35.0 Å². The molecule has 0 unspecified atom stereocenters. The standard InChI is InChI=1S/C17H16ClN5O3S/c1-25-11-7-8-15(26-2)14(9-11)23-17(20-21-22-23)27-10-16(24)19-13-6-4-3-5-12(13)18/h3-9H,10H2,1-2H3,(H,19,24). The zero-order valence-corrected chi connectivity index (χ0v) is 16.1. The molecule has 0 saturated heterocycles. The summed E-state index contributed by atoms with van der Waals surface area (Å²) in [6.45, 7) is 0. The van der Waals surface area contributed by atoms with Gasteiger partial charge in [0.05, 0.1) is 30.7 Å². The fraction of sp³-hybridized carbons (Fsp3) is 0.176. The fourth-order valence-corrected chi connectivity index (χ4v) is 3.13. The number of nitrogens with zero attached hydrogens (tertiary/aromatic N) is 4. The Balaban J connectivity index is 1.74. The van der Waals surface area contributed by atoms with E-state index in [9.17, 15) is 4.79 Å². The minimum absolute atomic E-state index is 0.109. The molecule has 0 aliphatic carbocycles. The number of benzene rings is 2. The van der Waals surface area contributed by atoms with E-state index in [4.69, 9.17) is 21.1 Å². The van der Waals surface area contributed by atoms with Crippen LogP contribution in [-0.4, -0.2) is 46.1 Å². The van der Waals surface area contributed by atoms with E-state index in [1.165, 1.54) is 16.4 Å². The summed E-state index contributed by atoms with van der Waals surface area (Å²) in [5.41, 5.74) is 1.16. The third kappa shape index (κ3) is 4.50. The topological polar surface area (TPSA) is 91.2 Å². The molecule has 1 amide bonds. The van der Waals surface area contributed by atoms with Crippen molar-refractivity contribution < 1.29 is 14.3 Å². The molecule has 0 atom stereocenters. The van der Waals surface area contributed by atoms with Gasteiger partial charge in [-0.05, 0) is 34.7 Å². The SMILES string of the molecule is COc1ccc(OC)c(-n2nnnc2SCC(=O)Nc2ccccc2Cl)c1. The average Bonchev–Trinajstić information content (AvgIpc) is 3.16. The number of thioether (sulfide) groups is 1. The predicted octanol–water partition coefficient (Wildman–Crippen LogP) is 3.06. The molecule has 1 heterocycles. The van der Waals surface area contributed by atoms with Crippen LogP contribution in [0.5, 0.6) is 11.5 Å². The molecule has 0 radical (unpaired) electrons. The number of ether oxygens (including phenoxy) is 2. The molecular formula is C17H16ClN5O3S. The number of carbonyl (C=O) groups excluding carboxylic acids is 1. The minimum Gasteiger partial charge on any atom is -0.497 e. The number of tetrazole rings is 1. The van der Waals surface area contributed by atoms with Crippen molar-refractivity contribution in [3.63, 3.8) is 0 Å². The Morgan fingerprint density at radius 1 is 1.22 bits per heavy atom.